The molecule has 0 aliphatic carbocycles. The Hall–Kier alpha value is -3.17. The monoisotopic (exact) mass is 513 g/mol. The van der Waals surface area contributed by atoms with Crippen molar-refractivity contribution < 1.29 is 13.9 Å². The van der Waals surface area contributed by atoms with E-state index in [0.29, 0.717) is 58.6 Å². The molecule has 9 heteroatoms. The Balaban J connectivity index is 1.87. The number of hydrogen-bond acceptors (Lipinski definition) is 6. The van der Waals surface area contributed by atoms with E-state index >= 15 is 0 Å². The number of halogens is 2. The highest BCUT2D eigenvalue weighted by atomic mass is 79.9. The minimum Gasteiger partial charge on any atom is -0.444 e. The van der Waals surface area contributed by atoms with Gasteiger partial charge in [-0.15, -0.1) is 0 Å². The fourth-order valence-corrected chi connectivity index (χ4v) is 4.26. The molecule has 2 heterocycles. The van der Waals surface area contributed by atoms with Crippen LogP contribution in [0, 0.1) is 35.4 Å². The van der Waals surface area contributed by atoms with Crippen molar-refractivity contribution in [1.82, 2.24) is 10.3 Å². The summed E-state index contributed by atoms with van der Waals surface area (Å²) in [5, 5.41) is 21.9. The molecule has 1 aromatic heterocycles. The quantitative estimate of drug-likeness (QED) is 0.605. The number of carbonyl (C=O) groups excluding carboxylic acids is 1. The molecule has 1 fully saturated rings. The third-order valence-corrected chi connectivity index (χ3v) is 6.26. The number of nitriles is 2. The first-order valence-electron chi connectivity index (χ1n) is 10.6. The van der Waals surface area contributed by atoms with Crippen molar-refractivity contribution in [2.45, 2.75) is 52.2 Å². The van der Waals surface area contributed by atoms with Crippen molar-refractivity contribution in [2.24, 2.45) is 0 Å². The lowest BCUT2D eigenvalue weighted by Crippen LogP contribution is -2.46. The number of aromatic nitrogens is 1. The first-order chi connectivity index (χ1) is 15.5. The van der Waals surface area contributed by atoms with Gasteiger partial charge in [-0.1, -0.05) is 6.07 Å². The zero-order chi connectivity index (χ0) is 24.3. The first kappa shape index (κ1) is 24.5. The number of nitrogens with one attached hydrogen (secondary N) is 1. The van der Waals surface area contributed by atoms with Gasteiger partial charge < -0.3 is 15.0 Å². The van der Waals surface area contributed by atoms with Gasteiger partial charge in [0, 0.05) is 29.2 Å². The van der Waals surface area contributed by atoms with Gasteiger partial charge in [0.2, 0.25) is 0 Å². The predicted octanol–water partition coefficient (Wildman–Crippen LogP) is 5.20. The molecular formula is C24H25BrFN5O2. The normalized spacial score (nSPS) is 14.4. The number of benzene rings is 1. The molecule has 0 unspecified atom stereocenters. The molecule has 0 spiro atoms. The maximum Gasteiger partial charge on any atom is 0.407 e. The molecule has 3 rings (SSSR count). The van der Waals surface area contributed by atoms with Crippen LogP contribution < -0.4 is 10.2 Å². The summed E-state index contributed by atoms with van der Waals surface area (Å²) >= 11 is 3.51. The van der Waals surface area contributed by atoms with Gasteiger partial charge in [0.05, 0.1) is 11.3 Å². The Bertz CT molecular complexity index is 1160. The molecule has 1 aliphatic rings. The SMILES string of the molecule is Cc1nc(N2CCC(NC(=O)OC(C)(C)C)CC2)c(C#N)c(-c2ccc(C#N)c(F)c2)c1Br. The van der Waals surface area contributed by atoms with E-state index < -0.39 is 17.5 Å². The standard InChI is InChI=1S/C24H25BrFN5O2/c1-14-21(25)20(15-5-6-16(12-27)19(26)11-15)18(13-28)22(29-14)31-9-7-17(8-10-31)30-23(32)33-24(2,3)4/h5-6,11,17H,7-10H2,1-4H3,(H,30,32). The van der Waals surface area contributed by atoms with Gasteiger partial charge >= 0.3 is 6.09 Å². The lowest BCUT2D eigenvalue weighted by Gasteiger charge is -2.34. The zero-order valence-corrected chi connectivity index (χ0v) is 20.6. The maximum absolute atomic E-state index is 14.3. The van der Waals surface area contributed by atoms with Crippen LogP contribution in [0.4, 0.5) is 15.0 Å². The molecule has 7 nitrogen and oxygen atoms in total. The molecule has 1 aliphatic heterocycles. The number of hydrogen-bond donors (Lipinski definition) is 1. The molecule has 1 aromatic carbocycles. The van der Waals surface area contributed by atoms with Crippen LogP contribution in [0.1, 0.15) is 50.4 Å². The van der Waals surface area contributed by atoms with E-state index in [1.165, 1.54) is 12.1 Å². The highest BCUT2D eigenvalue weighted by Crippen LogP contribution is 2.38. The number of piperidine rings is 1. The van der Waals surface area contributed by atoms with Crippen LogP contribution in [0.25, 0.3) is 11.1 Å². The Morgan fingerprint density at radius 2 is 1.94 bits per heavy atom. The minimum atomic E-state index is -0.643. The van der Waals surface area contributed by atoms with Crippen LogP contribution in [0.15, 0.2) is 22.7 Å². The van der Waals surface area contributed by atoms with Crippen molar-refractivity contribution in [1.29, 1.82) is 10.5 Å². The van der Waals surface area contributed by atoms with Gasteiger partial charge in [-0.25, -0.2) is 14.2 Å². The number of pyridine rings is 1. The molecular weight excluding hydrogens is 489 g/mol. The summed E-state index contributed by atoms with van der Waals surface area (Å²) in [6.07, 6.45) is 0.894. The van der Waals surface area contributed by atoms with E-state index in [2.05, 4.69) is 32.3 Å². The van der Waals surface area contributed by atoms with Crippen molar-refractivity contribution in [3.63, 3.8) is 0 Å². The molecule has 1 N–H and O–H groups in total. The molecule has 33 heavy (non-hydrogen) atoms. The largest absolute Gasteiger partial charge is 0.444 e. The highest BCUT2D eigenvalue weighted by Gasteiger charge is 2.28. The fraction of sp³-hybridized carbons (Fsp3) is 0.417. The number of rotatable bonds is 3. The lowest BCUT2D eigenvalue weighted by molar-refractivity contribution is 0.0497. The number of ether oxygens (including phenoxy) is 1. The number of alkyl carbamates (subject to hydrolysis) is 1. The second kappa shape index (κ2) is 9.76. The fourth-order valence-electron chi connectivity index (χ4n) is 3.74. The van der Waals surface area contributed by atoms with E-state index in [-0.39, 0.29) is 11.6 Å². The van der Waals surface area contributed by atoms with Crippen LogP contribution in [-0.4, -0.2) is 35.8 Å². The molecule has 2 aromatic rings. The van der Waals surface area contributed by atoms with Gasteiger partial charge in [-0.3, -0.25) is 0 Å². The van der Waals surface area contributed by atoms with E-state index in [9.17, 15) is 14.4 Å². The second-order valence-electron chi connectivity index (χ2n) is 8.91. The predicted molar refractivity (Wildman–Crippen MR) is 126 cm³/mol. The van der Waals surface area contributed by atoms with Crippen molar-refractivity contribution >= 4 is 27.8 Å². The number of aryl methyl sites for hydroxylation is 1. The molecule has 0 atom stereocenters. The minimum absolute atomic E-state index is 0.0368. The molecule has 1 saturated heterocycles. The summed E-state index contributed by atoms with van der Waals surface area (Å²) in [7, 11) is 0. The van der Waals surface area contributed by atoms with Crippen LogP contribution >= 0.6 is 15.9 Å². The number of anilines is 1. The third-order valence-electron chi connectivity index (χ3n) is 5.29. The summed E-state index contributed by atoms with van der Waals surface area (Å²) in [6, 6.07) is 8.30. The summed E-state index contributed by atoms with van der Waals surface area (Å²) in [5.74, 6) is -0.121. The lowest BCUT2D eigenvalue weighted by atomic mass is 9.97. The molecule has 0 radical (unpaired) electrons. The van der Waals surface area contributed by atoms with Gasteiger partial charge in [0.25, 0.3) is 0 Å². The average molecular weight is 514 g/mol. The van der Waals surface area contributed by atoms with Crippen LogP contribution in [0.5, 0.6) is 0 Å². The Morgan fingerprint density at radius 3 is 2.48 bits per heavy atom. The summed E-state index contributed by atoms with van der Waals surface area (Å²) in [4.78, 5) is 18.7. The Labute approximate surface area is 201 Å². The van der Waals surface area contributed by atoms with Crippen molar-refractivity contribution in [3.05, 3.63) is 45.3 Å². The topological polar surface area (TPSA) is 102 Å². The van der Waals surface area contributed by atoms with Gasteiger partial charge in [0.1, 0.15) is 34.9 Å². The van der Waals surface area contributed by atoms with Crippen molar-refractivity contribution in [2.75, 3.05) is 18.0 Å². The van der Waals surface area contributed by atoms with E-state index in [4.69, 9.17) is 10.00 Å². The first-order valence-corrected chi connectivity index (χ1v) is 11.4. The Kier molecular flexibility index (Phi) is 7.24. The van der Waals surface area contributed by atoms with Gasteiger partial charge in [-0.2, -0.15) is 10.5 Å². The Morgan fingerprint density at radius 1 is 1.27 bits per heavy atom. The van der Waals surface area contributed by atoms with Crippen LogP contribution in [0.2, 0.25) is 0 Å². The molecule has 172 valence electrons. The van der Waals surface area contributed by atoms with Crippen LogP contribution in [0.3, 0.4) is 0 Å². The molecule has 0 bridgehead atoms. The van der Waals surface area contributed by atoms with Gasteiger partial charge in [0.15, 0.2) is 0 Å². The molecule has 1 amide bonds. The van der Waals surface area contributed by atoms with Gasteiger partial charge in [-0.05, 0) is 74.2 Å². The summed E-state index contributed by atoms with van der Waals surface area (Å²) in [5.41, 5.74) is 1.40. The number of nitrogens with zero attached hydrogens (tertiary/aromatic N) is 4. The molecule has 0 saturated carbocycles. The smallest absolute Gasteiger partial charge is 0.407 e. The van der Waals surface area contributed by atoms with E-state index in [1.54, 1.807) is 6.07 Å². The number of amides is 1. The summed E-state index contributed by atoms with van der Waals surface area (Å²) < 4.78 is 20.3. The zero-order valence-electron chi connectivity index (χ0n) is 19.0. The maximum atomic E-state index is 14.3. The second-order valence-corrected chi connectivity index (χ2v) is 9.70. The third kappa shape index (κ3) is 5.61. The highest BCUT2D eigenvalue weighted by molar-refractivity contribution is 9.10. The number of carbonyl (C=O) groups is 1. The van der Waals surface area contributed by atoms with E-state index in [1.807, 2.05) is 38.7 Å². The average Bonchev–Trinajstić information content (AvgIpc) is 2.74. The van der Waals surface area contributed by atoms with E-state index in [0.717, 1.165) is 0 Å². The van der Waals surface area contributed by atoms with Crippen molar-refractivity contribution in [3.8, 4) is 23.3 Å². The van der Waals surface area contributed by atoms with Crippen LogP contribution in [-0.2, 0) is 4.74 Å². The summed E-state index contributed by atoms with van der Waals surface area (Å²) in [6.45, 7) is 8.44.